The van der Waals surface area contributed by atoms with Crippen molar-refractivity contribution < 1.29 is 4.79 Å². The minimum absolute atomic E-state index is 0.0310. The summed E-state index contributed by atoms with van der Waals surface area (Å²) in [7, 11) is 0. The molecular weight excluding hydrogens is 374 g/mol. The second kappa shape index (κ2) is 9.39. The molecule has 0 radical (unpaired) electrons. The lowest BCUT2D eigenvalue weighted by molar-refractivity contribution is -0.117. The van der Waals surface area contributed by atoms with Gasteiger partial charge >= 0.3 is 0 Å². The Morgan fingerprint density at radius 2 is 1.47 bits per heavy atom. The predicted octanol–water partition coefficient (Wildman–Crippen LogP) is 3.94. The number of hydrogen-bond donors (Lipinski definition) is 1. The molecule has 1 saturated heterocycles. The topological polar surface area (TPSA) is 61.4 Å². The van der Waals surface area contributed by atoms with Gasteiger partial charge in [0.25, 0.3) is 0 Å². The van der Waals surface area contributed by atoms with E-state index >= 15 is 0 Å². The third-order valence-corrected chi connectivity index (χ3v) is 5.52. The first-order valence-corrected chi connectivity index (χ1v) is 10.5. The molecule has 6 heteroatoms. The van der Waals surface area contributed by atoms with Crippen molar-refractivity contribution in [1.82, 2.24) is 9.97 Å². The summed E-state index contributed by atoms with van der Waals surface area (Å²) in [4.78, 5) is 26.3. The van der Waals surface area contributed by atoms with Gasteiger partial charge < -0.3 is 15.1 Å². The van der Waals surface area contributed by atoms with Gasteiger partial charge in [0.05, 0.1) is 24.0 Å². The molecule has 1 fully saturated rings. The van der Waals surface area contributed by atoms with E-state index in [1.165, 1.54) is 5.69 Å². The minimum atomic E-state index is -0.183. The van der Waals surface area contributed by atoms with Gasteiger partial charge in [-0.1, -0.05) is 55.5 Å². The predicted molar refractivity (Wildman–Crippen MR) is 121 cm³/mol. The number of benzene rings is 2. The number of aromatic nitrogens is 2. The Balaban J connectivity index is 1.35. The summed E-state index contributed by atoms with van der Waals surface area (Å²) in [6.07, 6.45) is 4.13. The summed E-state index contributed by atoms with van der Waals surface area (Å²) in [5, 5.41) is 2.96. The lowest BCUT2D eigenvalue weighted by Crippen LogP contribution is -2.47. The Morgan fingerprint density at radius 1 is 0.900 bits per heavy atom. The maximum Gasteiger partial charge on any atom is 0.231 e. The van der Waals surface area contributed by atoms with E-state index in [1.807, 2.05) is 43.3 Å². The molecule has 1 aliphatic heterocycles. The van der Waals surface area contributed by atoms with Gasteiger partial charge in [-0.3, -0.25) is 4.79 Å². The second-order valence-corrected chi connectivity index (χ2v) is 7.44. The first-order valence-electron chi connectivity index (χ1n) is 10.5. The summed E-state index contributed by atoms with van der Waals surface area (Å²) in [5.41, 5.74) is 2.90. The van der Waals surface area contributed by atoms with Crippen LogP contribution in [0.15, 0.2) is 73.1 Å². The number of piperazine rings is 1. The summed E-state index contributed by atoms with van der Waals surface area (Å²) in [5.74, 6) is 0.490. The summed E-state index contributed by atoms with van der Waals surface area (Å²) in [6, 6.07) is 20.3. The lowest BCUT2D eigenvalue weighted by atomic mass is 9.95. The van der Waals surface area contributed by atoms with Crippen LogP contribution in [0, 0.1) is 0 Å². The number of hydrogen-bond acceptors (Lipinski definition) is 5. The highest BCUT2D eigenvalue weighted by atomic mass is 16.1. The van der Waals surface area contributed by atoms with Crippen molar-refractivity contribution >= 4 is 23.2 Å². The van der Waals surface area contributed by atoms with Crippen molar-refractivity contribution in [3.63, 3.8) is 0 Å². The van der Waals surface area contributed by atoms with Crippen molar-refractivity contribution in [3.05, 3.63) is 78.6 Å². The van der Waals surface area contributed by atoms with Gasteiger partial charge in [-0.25, -0.2) is 9.97 Å². The molecule has 1 aliphatic rings. The van der Waals surface area contributed by atoms with Crippen LogP contribution >= 0.6 is 0 Å². The largest absolute Gasteiger partial charge is 0.368 e. The molecule has 4 rings (SSSR count). The van der Waals surface area contributed by atoms with E-state index in [-0.39, 0.29) is 11.8 Å². The molecule has 1 atom stereocenters. The van der Waals surface area contributed by atoms with E-state index in [0.717, 1.165) is 38.2 Å². The minimum Gasteiger partial charge on any atom is -0.368 e. The standard InChI is InChI=1S/C24H27N5O/c1-2-22(19-9-5-3-6-10-19)23(30)27-20-17-25-24(26-18-20)29-15-13-28(14-16-29)21-11-7-4-8-12-21/h3-12,17-18,22H,2,13-16H2,1H3,(H,27,30). The number of nitrogens with zero attached hydrogens (tertiary/aromatic N) is 4. The number of carbonyl (C=O) groups is 1. The zero-order chi connectivity index (χ0) is 20.8. The number of amides is 1. The number of nitrogens with one attached hydrogen (secondary N) is 1. The quantitative estimate of drug-likeness (QED) is 0.678. The van der Waals surface area contributed by atoms with Crippen molar-refractivity contribution in [1.29, 1.82) is 0 Å². The monoisotopic (exact) mass is 401 g/mol. The SMILES string of the molecule is CCC(C(=O)Nc1cnc(N2CCN(c3ccccc3)CC2)nc1)c1ccccc1. The normalized spacial score (nSPS) is 15.0. The molecular formula is C24H27N5O. The average Bonchev–Trinajstić information content (AvgIpc) is 2.81. The fraction of sp³-hybridized carbons (Fsp3) is 0.292. The molecule has 6 nitrogen and oxygen atoms in total. The molecule has 0 saturated carbocycles. The van der Waals surface area contributed by atoms with Gasteiger partial charge in [-0.15, -0.1) is 0 Å². The van der Waals surface area contributed by atoms with Crippen molar-refractivity contribution in [2.24, 2.45) is 0 Å². The Labute approximate surface area is 177 Å². The van der Waals surface area contributed by atoms with Crippen LogP contribution in [0.2, 0.25) is 0 Å². The van der Waals surface area contributed by atoms with Gasteiger partial charge in [-0.2, -0.15) is 0 Å². The molecule has 1 aromatic heterocycles. The molecule has 2 heterocycles. The summed E-state index contributed by atoms with van der Waals surface area (Å²) < 4.78 is 0. The zero-order valence-electron chi connectivity index (χ0n) is 17.2. The van der Waals surface area contributed by atoms with Crippen LogP contribution in [-0.2, 0) is 4.79 Å². The van der Waals surface area contributed by atoms with Gasteiger partial charge in [0.2, 0.25) is 11.9 Å². The fourth-order valence-electron chi connectivity index (χ4n) is 3.84. The second-order valence-electron chi connectivity index (χ2n) is 7.44. The van der Waals surface area contributed by atoms with Crippen LogP contribution in [0.4, 0.5) is 17.3 Å². The van der Waals surface area contributed by atoms with E-state index in [9.17, 15) is 4.79 Å². The van der Waals surface area contributed by atoms with Crippen molar-refractivity contribution in [3.8, 4) is 0 Å². The number of para-hydroxylation sites is 1. The smallest absolute Gasteiger partial charge is 0.231 e. The first-order chi connectivity index (χ1) is 14.7. The maximum atomic E-state index is 12.7. The number of carbonyl (C=O) groups excluding carboxylic acids is 1. The molecule has 30 heavy (non-hydrogen) atoms. The van der Waals surface area contributed by atoms with Gasteiger partial charge in [0.1, 0.15) is 0 Å². The van der Waals surface area contributed by atoms with Gasteiger partial charge in [-0.05, 0) is 24.1 Å². The maximum absolute atomic E-state index is 12.7. The third-order valence-electron chi connectivity index (χ3n) is 5.52. The van der Waals surface area contributed by atoms with E-state index in [1.54, 1.807) is 12.4 Å². The highest BCUT2D eigenvalue weighted by Crippen LogP contribution is 2.22. The molecule has 0 aliphatic carbocycles. The molecule has 1 unspecified atom stereocenters. The Morgan fingerprint density at radius 3 is 2.07 bits per heavy atom. The van der Waals surface area contributed by atoms with Crippen LogP contribution in [0.3, 0.4) is 0 Å². The average molecular weight is 402 g/mol. The van der Waals surface area contributed by atoms with Crippen LogP contribution in [0.5, 0.6) is 0 Å². The van der Waals surface area contributed by atoms with E-state index in [2.05, 4.69) is 49.4 Å². The molecule has 3 aromatic rings. The van der Waals surface area contributed by atoms with E-state index in [4.69, 9.17) is 0 Å². The van der Waals surface area contributed by atoms with Crippen LogP contribution in [0.1, 0.15) is 24.8 Å². The molecule has 1 amide bonds. The summed E-state index contributed by atoms with van der Waals surface area (Å²) >= 11 is 0. The van der Waals surface area contributed by atoms with Crippen LogP contribution in [0.25, 0.3) is 0 Å². The van der Waals surface area contributed by atoms with Crippen molar-refractivity contribution in [2.45, 2.75) is 19.3 Å². The lowest BCUT2D eigenvalue weighted by Gasteiger charge is -2.36. The Hall–Kier alpha value is -3.41. The fourth-order valence-corrected chi connectivity index (χ4v) is 3.84. The Bertz CT molecular complexity index is 938. The van der Waals surface area contributed by atoms with E-state index < -0.39 is 0 Å². The Kier molecular flexibility index (Phi) is 6.23. The molecule has 2 aromatic carbocycles. The molecule has 0 spiro atoms. The number of anilines is 3. The van der Waals surface area contributed by atoms with Crippen LogP contribution < -0.4 is 15.1 Å². The molecule has 0 bridgehead atoms. The zero-order valence-corrected chi connectivity index (χ0v) is 17.2. The number of rotatable bonds is 6. The van der Waals surface area contributed by atoms with Gasteiger partial charge in [0, 0.05) is 31.9 Å². The summed E-state index contributed by atoms with van der Waals surface area (Å²) in [6.45, 7) is 5.62. The van der Waals surface area contributed by atoms with Gasteiger partial charge in [0.15, 0.2) is 0 Å². The first kappa shape index (κ1) is 19.9. The highest BCUT2D eigenvalue weighted by Gasteiger charge is 2.21. The van der Waals surface area contributed by atoms with Crippen molar-refractivity contribution in [2.75, 3.05) is 41.3 Å². The highest BCUT2D eigenvalue weighted by molar-refractivity contribution is 5.95. The van der Waals surface area contributed by atoms with Crippen LogP contribution in [-0.4, -0.2) is 42.1 Å². The molecule has 154 valence electrons. The van der Waals surface area contributed by atoms with E-state index in [0.29, 0.717) is 11.6 Å². The molecule has 1 N–H and O–H groups in total. The third kappa shape index (κ3) is 4.59.